The molecule has 0 spiro atoms. The van der Waals surface area contributed by atoms with Crippen molar-refractivity contribution in [2.24, 2.45) is 5.10 Å². The molecule has 2 aromatic carbocycles. The minimum absolute atomic E-state index is 0.740. The number of rotatable bonds is 6. The molecule has 0 atom stereocenters. The lowest BCUT2D eigenvalue weighted by atomic mass is 10.2. The first-order valence-electron chi connectivity index (χ1n) is 7.64. The van der Waals surface area contributed by atoms with Crippen LogP contribution in [0, 0.1) is 6.92 Å². The first-order chi connectivity index (χ1) is 12.2. The molecule has 3 aromatic rings. The topological polar surface area (TPSA) is 52.3 Å². The van der Waals surface area contributed by atoms with Crippen LogP contribution >= 0.6 is 27.7 Å². The van der Waals surface area contributed by atoms with Crippen LogP contribution in [0.25, 0.3) is 0 Å². The molecule has 0 N–H and O–H groups in total. The van der Waals surface area contributed by atoms with Crippen molar-refractivity contribution in [3.63, 3.8) is 0 Å². The number of aromatic nitrogens is 3. The molecular weight excluding hydrogens is 400 g/mol. The van der Waals surface area contributed by atoms with Gasteiger partial charge in [-0.15, -0.1) is 10.2 Å². The van der Waals surface area contributed by atoms with Crippen LogP contribution in [0.3, 0.4) is 0 Å². The summed E-state index contributed by atoms with van der Waals surface area (Å²) in [5.74, 6) is 2.32. The fraction of sp³-hybridized carbons (Fsp3) is 0.167. The normalized spacial score (nSPS) is 11.2. The molecule has 0 aliphatic rings. The van der Waals surface area contributed by atoms with Gasteiger partial charge in [0.05, 0.1) is 13.3 Å². The van der Waals surface area contributed by atoms with E-state index in [2.05, 4.69) is 43.4 Å². The zero-order chi connectivity index (χ0) is 17.6. The number of nitrogens with zero attached hydrogens (tertiary/aromatic N) is 4. The minimum atomic E-state index is 0.740. The van der Waals surface area contributed by atoms with Crippen LogP contribution < -0.4 is 4.74 Å². The molecule has 5 nitrogen and oxygen atoms in total. The molecule has 128 valence electrons. The average molecular weight is 417 g/mol. The predicted molar refractivity (Wildman–Crippen MR) is 104 cm³/mol. The summed E-state index contributed by atoms with van der Waals surface area (Å²) in [6.45, 7) is 1.89. The monoisotopic (exact) mass is 416 g/mol. The molecule has 0 aliphatic carbocycles. The Morgan fingerprint density at radius 1 is 1.16 bits per heavy atom. The first-order valence-corrected chi connectivity index (χ1v) is 9.42. The van der Waals surface area contributed by atoms with Crippen LogP contribution in [0.5, 0.6) is 5.75 Å². The molecule has 0 bridgehead atoms. The number of hydrogen-bond acceptors (Lipinski definition) is 5. The zero-order valence-electron chi connectivity index (χ0n) is 13.9. The van der Waals surface area contributed by atoms with Crippen molar-refractivity contribution in [2.45, 2.75) is 17.8 Å². The van der Waals surface area contributed by atoms with E-state index in [1.54, 1.807) is 29.8 Å². The molecule has 0 aliphatic heterocycles. The Hall–Kier alpha value is -2.12. The number of ether oxygens (including phenoxy) is 1. The average Bonchev–Trinajstić information content (AvgIpc) is 2.99. The number of para-hydroxylation sites is 1. The van der Waals surface area contributed by atoms with Crippen LogP contribution in [0.4, 0.5) is 0 Å². The maximum atomic E-state index is 5.35. The van der Waals surface area contributed by atoms with Crippen LogP contribution in [-0.2, 0) is 5.75 Å². The van der Waals surface area contributed by atoms with Crippen molar-refractivity contribution in [1.29, 1.82) is 0 Å². The largest absolute Gasteiger partial charge is 0.496 e. The number of halogens is 1. The Balaban J connectivity index is 1.77. The van der Waals surface area contributed by atoms with E-state index in [1.807, 2.05) is 43.3 Å². The third-order valence-electron chi connectivity index (χ3n) is 3.50. The highest BCUT2D eigenvalue weighted by molar-refractivity contribution is 9.10. The lowest BCUT2D eigenvalue weighted by molar-refractivity contribution is 0.414. The Labute approximate surface area is 159 Å². The van der Waals surface area contributed by atoms with E-state index < -0.39 is 0 Å². The number of methoxy groups -OCH3 is 1. The number of benzene rings is 2. The highest BCUT2D eigenvalue weighted by Gasteiger charge is 2.09. The molecule has 0 saturated carbocycles. The maximum Gasteiger partial charge on any atom is 0.212 e. The highest BCUT2D eigenvalue weighted by Crippen LogP contribution is 2.23. The summed E-state index contributed by atoms with van der Waals surface area (Å²) in [4.78, 5) is 0. The van der Waals surface area contributed by atoms with E-state index in [4.69, 9.17) is 4.74 Å². The van der Waals surface area contributed by atoms with E-state index in [-0.39, 0.29) is 0 Å². The van der Waals surface area contributed by atoms with Gasteiger partial charge >= 0.3 is 0 Å². The second kappa shape index (κ2) is 8.31. The standard InChI is InChI=1S/C18H17BrN4OS/c1-13-21-22-18(25-12-14-7-9-16(19)10-8-14)23(13)20-11-15-5-3-4-6-17(15)24-2/h3-11H,12H2,1-2H3/b20-11+. The van der Waals surface area contributed by atoms with Crippen LogP contribution in [-0.4, -0.2) is 28.2 Å². The summed E-state index contributed by atoms with van der Waals surface area (Å²) in [5, 5.41) is 13.6. The molecule has 0 fully saturated rings. The summed E-state index contributed by atoms with van der Waals surface area (Å²) >= 11 is 5.05. The van der Waals surface area contributed by atoms with Crippen molar-refractivity contribution in [3.05, 3.63) is 70.0 Å². The van der Waals surface area contributed by atoms with E-state index in [0.717, 1.165) is 32.5 Å². The van der Waals surface area contributed by atoms with Crippen molar-refractivity contribution < 1.29 is 4.74 Å². The number of hydrogen-bond donors (Lipinski definition) is 0. The van der Waals surface area contributed by atoms with Gasteiger partial charge < -0.3 is 4.74 Å². The molecule has 0 saturated heterocycles. The first kappa shape index (κ1) is 17.7. The summed E-state index contributed by atoms with van der Waals surface area (Å²) in [6, 6.07) is 16.0. The summed E-state index contributed by atoms with van der Waals surface area (Å²) < 4.78 is 8.17. The Morgan fingerprint density at radius 2 is 1.92 bits per heavy atom. The van der Waals surface area contributed by atoms with Gasteiger partial charge in [-0.3, -0.25) is 0 Å². The van der Waals surface area contributed by atoms with E-state index in [9.17, 15) is 0 Å². The quantitative estimate of drug-likeness (QED) is 0.437. The number of aryl methyl sites for hydroxylation is 1. The Bertz CT molecular complexity index is 877. The van der Waals surface area contributed by atoms with Crippen LogP contribution in [0.1, 0.15) is 17.0 Å². The predicted octanol–water partition coefficient (Wildman–Crippen LogP) is 4.53. The fourth-order valence-electron chi connectivity index (χ4n) is 2.18. The lowest BCUT2D eigenvalue weighted by Crippen LogP contribution is -1.97. The van der Waals surface area contributed by atoms with Crippen LogP contribution in [0.2, 0.25) is 0 Å². The van der Waals surface area contributed by atoms with Gasteiger partial charge in [0.2, 0.25) is 5.16 Å². The van der Waals surface area contributed by atoms with Gasteiger partial charge in [0, 0.05) is 15.8 Å². The summed E-state index contributed by atoms with van der Waals surface area (Å²) in [5.41, 5.74) is 2.12. The summed E-state index contributed by atoms with van der Waals surface area (Å²) in [6.07, 6.45) is 1.76. The second-order valence-corrected chi connectivity index (χ2v) is 7.10. The highest BCUT2D eigenvalue weighted by atomic mass is 79.9. The molecule has 3 rings (SSSR count). The summed E-state index contributed by atoms with van der Waals surface area (Å²) in [7, 11) is 1.65. The lowest BCUT2D eigenvalue weighted by Gasteiger charge is -2.05. The van der Waals surface area contributed by atoms with Gasteiger partial charge in [-0.1, -0.05) is 52.0 Å². The molecule has 0 unspecified atom stereocenters. The SMILES string of the molecule is COc1ccccc1/C=N/n1c(C)nnc1SCc1ccc(Br)cc1. The molecule has 25 heavy (non-hydrogen) atoms. The van der Waals surface area contributed by atoms with Crippen molar-refractivity contribution in [2.75, 3.05) is 7.11 Å². The molecule has 1 heterocycles. The van der Waals surface area contributed by atoms with Gasteiger partial charge in [0.25, 0.3) is 0 Å². The van der Waals surface area contributed by atoms with E-state index in [0.29, 0.717) is 0 Å². The molecule has 1 aromatic heterocycles. The van der Waals surface area contributed by atoms with Gasteiger partial charge in [-0.25, -0.2) is 0 Å². The van der Waals surface area contributed by atoms with Crippen molar-refractivity contribution in [1.82, 2.24) is 14.9 Å². The molecule has 0 amide bonds. The Morgan fingerprint density at radius 3 is 2.68 bits per heavy atom. The van der Waals surface area contributed by atoms with Gasteiger partial charge in [0.1, 0.15) is 5.75 Å². The van der Waals surface area contributed by atoms with Crippen molar-refractivity contribution in [3.8, 4) is 5.75 Å². The maximum absolute atomic E-state index is 5.35. The van der Waals surface area contributed by atoms with E-state index >= 15 is 0 Å². The van der Waals surface area contributed by atoms with Crippen molar-refractivity contribution >= 4 is 33.9 Å². The molecular formula is C18H17BrN4OS. The van der Waals surface area contributed by atoms with Gasteiger partial charge in [-0.05, 0) is 36.8 Å². The van der Waals surface area contributed by atoms with Gasteiger partial charge in [-0.2, -0.15) is 9.78 Å². The van der Waals surface area contributed by atoms with Gasteiger partial charge in [0.15, 0.2) is 5.82 Å². The smallest absolute Gasteiger partial charge is 0.212 e. The molecule has 7 heteroatoms. The third-order valence-corrected chi connectivity index (χ3v) is 5.02. The fourth-order valence-corrected chi connectivity index (χ4v) is 3.34. The second-order valence-electron chi connectivity index (χ2n) is 5.24. The minimum Gasteiger partial charge on any atom is -0.496 e. The number of thioether (sulfide) groups is 1. The zero-order valence-corrected chi connectivity index (χ0v) is 16.3. The van der Waals surface area contributed by atoms with E-state index in [1.165, 1.54) is 5.56 Å². The Kier molecular flexibility index (Phi) is 5.88. The third kappa shape index (κ3) is 4.49. The van der Waals surface area contributed by atoms with Crippen LogP contribution in [0.15, 0.2) is 63.3 Å². The molecule has 0 radical (unpaired) electrons.